The summed E-state index contributed by atoms with van der Waals surface area (Å²) in [6.07, 6.45) is -0.821. The molecule has 0 heterocycles. The number of benzene rings is 2. The second-order valence-corrected chi connectivity index (χ2v) is 5.43. The van der Waals surface area contributed by atoms with Crippen LogP contribution in [-0.4, -0.2) is 23.2 Å². The highest BCUT2D eigenvalue weighted by molar-refractivity contribution is 5.48. The highest BCUT2D eigenvalue weighted by Crippen LogP contribution is 2.27. The number of nitro benzene ring substituents is 1. The molecule has 0 fully saturated rings. The molecule has 0 bridgehead atoms. The van der Waals surface area contributed by atoms with E-state index >= 15 is 0 Å². The molecule has 0 radical (unpaired) electrons. The van der Waals surface area contributed by atoms with E-state index < -0.39 is 11.0 Å². The van der Waals surface area contributed by atoms with Crippen LogP contribution < -0.4 is 10.1 Å². The van der Waals surface area contributed by atoms with Crippen molar-refractivity contribution in [1.29, 1.82) is 0 Å². The van der Waals surface area contributed by atoms with Gasteiger partial charge in [0.1, 0.15) is 5.82 Å². The van der Waals surface area contributed by atoms with Crippen LogP contribution in [0.2, 0.25) is 0 Å². The van der Waals surface area contributed by atoms with E-state index in [2.05, 4.69) is 5.32 Å². The summed E-state index contributed by atoms with van der Waals surface area (Å²) in [7, 11) is 1.38. The maximum Gasteiger partial charge on any atom is 0.311 e. The van der Waals surface area contributed by atoms with Gasteiger partial charge >= 0.3 is 5.69 Å². The third kappa shape index (κ3) is 4.27. The Bertz CT molecular complexity index is 706. The van der Waals surface area contributed by atoms with Crippen LogP contribution in [0.5, 0.6) is 5.75 Å². The fourth-order valence-electron chi connectivity index (χ4n) is 2.33. The van der Waals surface area contributed by atoms with E-state index in [1.54, 1.807) is 13.0 Å². The SMILES string of the molecule is COc1ccc(CNC(C)C(O)c2ccc(F)cc2)cc1[N+](=O)[O-]. The van der Waals surface area contributed by atoms with Gasteiger partial charge < -0.3 is 15.2 Å². The second kappa shape index (κ2) is 7.85. The fourth-order valence-corrected chi connectivity index (χ4v) is 2.33. The molecule has 0 aliphatic heterocycles. The van der Waals surface area contributed by atoms with E-state index in [-0.39, 0.29) is 23.3 Å². The molecule has 0 amide bonds. The smallest absolute Gasteiger partial charge is 0.311 e. The van der Waals surface area contributed by atoms with Crippen LogP contribution in [-0.2, 0) is 6.54 Å². The number of rotatable bonds is 7. The van der Waals surface area contributed by atoms with Crippen molar-refractivity contribution < 1.29 is 19.2 Å². The van der Waals surface area contributed by atoms with Gasteiger partial charge in [-0.1, -0.05) is 18.2 Å². The molecule has 2 atom stereocenters. The number of aliphatic hydroxyl groups excluding tert-OH is 1. The zero-order valence-electron chi connectivity index (χ0n) is 13.4. The van der Waals surface area contributed by atoms with Gasteiger partial charge in [-0.3, -0.25) is 10.1 Å². The summed E-state index contributed by atoms with van der Waals surface area (Å²) in [4.78, 5) is 10.5. The number of nitrogens with zero attached hydrogens (tertiary/aromatic N) is 1. The van der Waals surface area contributed by atoms with Gasteiger partial charge in [-0.05, 0) is 36.2 Å². The maximum atomic E-state index is 12.9. The lowest BCUT2D eigenvalue weighted by Gasteiger charge is -2.21. The molecule has 2 N–H and O–H groups in total. The number of halogens is 1. The molecule has 24 heavy (non-hydrogen) atoms. The minimum Gasteiger partial charge on any atom is -0.490 e. The number of methoxy groups -OCH3 is 1. The summed E-state index contributed by atoms with van der Waals surface area (Å²) in [6.45, 7) is 2.12. The van der Waals surface area contributed by atoms with E-state index in [0.29, 0.717) is 17.7 Å². The largest absolute Gasteiger partial charge is 0.490 e. The number of nitro groups is 1. The monoisotopic (exact) mass is 334 g/mol. The van der Waals surface area contributed by atoms with E-state index in [9.17, 15) is 19.6 Å². The molecule has 0 aliphatic carbocycles. The third-order valence-corrected chi connectivity index (χ3v) is 3.75. The quantitative estimate of drug-likeness (QED) is 0.601. The van der Waals surface area contributed by atoms with E-state index in [1.165, 1.54) is 43.5 Å². The average molecular weight is 334 g/mol. The van der Waals surface area contributed by atoms with Crippen LogP contribution in [0.25, 0.3) is 0 Å². The van der Waals surface area contributed by atoms with Crippen molar-refractivity contribution in [2.45, 2.75) is 25.6 Å². The van der Waals surface area contributed by atoms with Crippen LogP contribution in [0, 0.1) is 15.9 Å². The highest BCUT2D eigenvalue weighted by atomic mass is 19.1. The van der Waals surface area contributed by atoms with Gasteiger partial charge in [-0.25, -0.2) is 4.39 Å². The molecule has 2 aromatic carbocycles. The Morgan fingerprint density at radius 1 is 1.29 bits per heavy atom. The first-order valence-corrected chi connectivity index (χ1v) is 7.40. The Hall–Kier alpha value is -2.51. The van der Waals surface area contributed by atoms with Crippen LogP contribution in [0.1, 0.15) is 24.2 Å². The Morgan fingerprint density at radius 3 is 2.54 bits per heavy atom. The van der Waals surface area contributed by atoms with Crippen molar-refractivity contribution in [3.05, 3.63) is 69.5 Å². The van der Waals surface area contributed by atoms with Crippen LogP contribution in [0.15, 0.2) is 42.5 Å². The fraction of sp³-hybridized carbons (Fsp3) is 0.294. The standard InChI is InChI=1S/C17H19FN2O4/c1-11(17(21)13-4-6-14(18)7-5-13)19-10-12-3-8-16(24-2)15(9-12)20(22)23/h3-9,11,17,19,21H,10H2,1-2H3. The zero-order valence-corrected chi connectivity index (χ0v) is 13.4. The normalized spacial score (nSPS) is 13.3. The number of hydrogen-bond acceptors (Lipinski definition) is 5. The van der Waals surface area contributed by atoms with Crippen LogP contribution >= 0.6 is 0 Å². The molecule has 0 saturated carbocycles. The first-order valence-electron chi connectivity index (χ1n) is 7.40. The molecule has 0 aliphatic rings. The van der Waals surface area contributed by atoms with Crippen LogP contribution in [0.4, 0.5) is 10.1 Å². The van der Waals surface area contributed by atoms with Gasteiger partial charge in [0.05, 0.1) is 18.1 Å². The predicted octanol–water partition coefficient (Wildman–Crippen LogP) is 2.95. The first-order chi connectivity index (χ1) is 11.4. The molecule has 7 heteroatoms. The number of hydrogen-bond donors (Lipinski definition) is 2. The van der Waals surface area contributed by atoms with Crippen molar-refractivity contribution in [2.75, 3.05) is 7.11 Å². The van der Waals surface area contributed by atoms with E-state index in [1.807, 2.05) is 0 Å². The van der Waals surface area contributed by atoms with E-state index in [0.717, 1.165) is 0 Å². The van der Waals surface area contributed by atoms with Gasteiger partial charge in [-0.15, -0.1) is 0 Å². The molecule has 0 saturated heterocycles. The van der Waals surface area contributed by atoms with Crippen LogP contribution in [0.3, 0.4) is 0 Å². The predicted molar refractivity (Wildman–Crippen MR) is 87.3 cm³/mol. The van der Waals surface area contributed by atoms with Crippen molar-refractivity contribution in [1.82, 2.24) is 5.32 Å². The topological polar surface area (TPSA) is 84.6 Å². The lowest BCUT2D eigenvalue weighted by molar-refractivity contribution is -0.385. The molecule has 6 nitrogen and oxygen atoms in total. The van der Waals surface area contributed by atoms with Crippen molar-refractivity contribution in [3.63, 3.8) is 0 Å². The molecule has 2 aromatic rings. The molecular formula is C17H19FN2O4. The highest BCUT2D eigenvalue weighted by Gasteiger charge is 2.18. The molecular weight excluding hydrogens is 315 g/mol. The van der Waals surface area contributed by atoms with Crippen molar-refractivity contribution in [2.24, 2.45) is 0 Å². The Morgan fingerprint density at radius 2 is 1.96 bits per heavy atom. The summed E-state index contributed by atoms with van der Waals surface area (Å²) >= 11 is 0. The molecule has 2 unspecified atom stereocenters. The Labute approximate surface area is 139 Å². The van der Waals surface area contributed by atoms with Crippen molar-refractivity contribution in [3.8, 4) is 5.75 Å². The number of ether oxygens (including phenoxy) is 1. The summed E-state index contributed by atoms with van der Waals surface area (Å²) in [5.74, 6) is -0.166. The minimum absolute atomic E-state index is 0.108. The van der Waals surface area contributed by atoms with Gasteiger partial charge in [0, 0.05) is 18.7 Å². The third-order valence-electron chi connectivity index (χ3n) is 3.75. The van der Waals surface area contributed by atoms with Gasteiger partial charge in [0.2, 0.25) is 0 Å². The molecule has 0 aromatic heterocycles. The summed E-state index contributed by atoms with van der Waals surface area (Å²) in [5.41, 5.74) is 1.18. The Kier molecular flexibility index (Phi) is 5.83. The lowest BCUT2D eigenvalue weighted by Crippen LogP contribution is -2.31. The summed E-state index contributed by atoms with van der Waals surface area (Å²) < 4.78 is 17.9. The zero-order chi connectivity index (χ0) is 17.7. The number of aliphatic hydroxyl groups is 1. The summed E-state index contributed by atoms with van der Waals surface area (Å²) in [6, 6.07) is 9.99. The molecule has 0 spiro atoms. The Balaban J connectivity index is 2.03. The molecule has 128 valence electrons. The summed E-state index contributed by atoms with van der Waals surface area (Å²) in [5, 5.41) is 24.4. The van der Waals surface area contributed by atoms with Gasteiger partial charge in [-0.2, -0.15) is 0 Å². The van der Waals surface area contributed by atoms with Gasteiger partial charge in [0.15, 0.2) is 5.75 Å². The molecule has 2 rings (SSSR count). The van der Waals surface area contributed by atoms with Crippen molar-refractivity contribution >= 4 is 5.69 Å². The number of nitrogens with one attached hydrogen (secondary N) is 1. The average Bonchev–Trinajstić information content (AvgIpc) is 2.59. The maximum absolute atomic E-state index is 12.9. The first kappa shape index (κ1) is 17.8. The lowest BCUT2D eigenvalue weighted by atomic mass is 10.0. The minimum atomic E-state index is -0.821. The second-order valence-electron chi connectivity index (χ2n) is 5.43. The van der Waals surface area contributed by atoms with Gasteiger partial charge in [0.25, 0.3) is 0 Å². The van der Waals surface area contributed by atoms with E-state index in [4.69, 9.17) is 4.74 Å².